The fourth-order valence-electron chi connectivity index (χ4n) is 8.54. The van der Waals surface area contributed by atoms with Crippen LogP contribution in [0.1, 0.15) is 88.0 Å². The van der Waals surface area contributed by atoms with Crippen molar-refractivity contribution in [1.29, 1.82) is 0 Å². The zero-order valence-corrected chi connectivity index (χ0v) is 34.9. The number of H-pyrrole nitrogens is 1. The molecule has 3 aliphatic rings. The average Bonchev–Trinajstić information content (AvgIpc) is 4.02. The third-order valence-corrected chi connectivity index (χ3v) is 12.1. The standard InChI is InChI=1S/C46H40BrN5O9/c1-23(2)37-44-51-40(43(57)49-21-33(54)29-20-48-38-28(29)11-7-14-35(38)59-24(3)53)41(61-44)46-30-12-8-13-32(47)39(30)52-45(46)60-34-16-15-26(18-31(34)46)17-27(42(56)50-37)19-36(55)58-22-25-9-5-4-6-10-25/h4-16,18,20,23,27,37,45,48,52H,17,19,21-22H2,1-3H3,(H,49,57)(H,50,56)/t27-,37+,45+,46?/m1/s1. The van der Waals surface area contributed by atoms with E-state index in [0.29, 0.717) is 22.2 Å². The molecule has 0 aliphatic carbocycles. The number of aromatic amines is 1. The Labute approximate surface area is 357 Å². The number of rotatable bonds is 10. The minimum absolute atomic E-state index is 0.0663. The Kier molecular flexibility index (Phi) is 10.2. The molecule has 4 N–H and O–H groups in total. The molecule has 0 saturated heterocycles. The van der Waals surface area contributed by atoms with Crippen molar-refractivity contribution < 1.29 is 42.6 Å². The number of aromatic nitrogens is 2. The van der Waals surface area contributed by atoms with Crippen LogP contribution in [0.25, 0.3) is 10.9 Å². The summed E-state index contributed by atoms with van der Waals surface area (Å²) >= 11 is 3.69. The van der Waals surface area contributed by atoms with E-state index in [-0.39, 0.29) is 54.0 Å². The van der Waals surface area contributed by atoms with Gasteiger partial charge in [-0.25, -0.2) is 4.98 Å². The van der Waals surface area contributed by atoms with E-state index in [1.54, 1.807) is 18.2 Å². The van der Waals surface area contributed by atoms with Gasteiger partial charge in [0.1, 0.15) is 23.8 Å². The van der Waals surface area contributed by atoms with Gasteiger partial charge in [-0.05, 0) is 57.6 Å². The molecule has 14 nitrogen and oxygen atoms in total. The molecule has 2 aromatic heterocycles. The van der Waals surface area contributed by atoms with E-state index in [4.69, 9.17) is 23.6 Å². The van der Waals surface area contributed by atoms with Gasteiger partial charge in [0.25, 0.3) is 5.91 Å². The Balaban J connectivity index is 1.11. The molecule has 9 rings (SSSR count). The number of ketones is 1. The molecule has 1 spiro atoms. The van der Waals surface area contributed by atoms with Crippen molar-refractivity contribution in [2.75, 3.05) is 11.9 Å². The number of esters is 2. The summed E-state index contributed by atoms with van der Waals surface area (Å²) < 4.78 is 25.2. The number of hydrogen-bond donors (Lipinski definition) is 4. The molecule has 61 heavy (non-hydrogen) atoms. The van der Waals surface area contributed by atoms with Crippen molar-refractivity contribution in [2.24, 2.45) is 11.8 Å². The summed E-state index contributed by atoms with van der Waals surface area (Å²) in [6.45, 7) is 4.72. The molecule has 0 fully saturated rings. The fourth-order valence-corrected chi connectivity index (χ4v) is 9.02. The quantitative estimate of drug-likeness (QED) is 0.0626. The number of hydrogen-bond acceptors (Lipinski definition) is 11. The SMILES string of the molecule is CC(=O)Oc1cccc2c(C(=O)CNC(=O)c3nc4oc3C35c6cc(ccc6O[C@@H]3Nc3c(Br)cccc35)C[C@H](CC(=O)OCc3ccccc3)C(=O)N[C@H]4C(C)C)c[nH]c12. The van der Waals surface area contributed by atoms with E-state index in [0.717, 1.165) is 26.9 Å². The lowest BCUT2D eigenvalue weighted by atomic mass is 9.72. The molecule has 3 aliphatic heterocycles. The van der Waals surface area contributed by atoms with Crippen LogP contribution in [0.3, 0.4) is 0 Å². The molecule has 15 heteroatoms. The maximum absolute atomic E-state index is 14.6. The predicted octanol–water partition coefficient (Wildman–Crippen LogP) is 7.05. The third-order valence-electron chi connectivity index (χ3n) is 11.4. The highest BCUT2D eigenvalue weighted by Gasteiger charge is 2.61. The number of oxazole rings is 1. The Morgan fingerprint density at radius 3 is 2.57 bits per heavy atom. The van der Waals surface area contributed by atoms with Gasteiger partial charge < -0.3 is 39.6 Å². The van der Waals surface area contributed by atoms with E-state index in [1.165, 1.54) is 13.1 Å². The highest BCUT2D eigenvalue weighted by atomic mass is 79.9. The second kappa shape index (κ2) is 15.7. The van der Waals surface area contributed by atoms with Crippen LogP contribution in [0.5, 0.6) is 11.5 Å². The zero-order chi connectivity index (χ0) is 42.6. The lowest BCUT2D eigenvalue weighted by molar-refractivity contribution is -0.148. The number of amides is 2. The number of halogens is 1. The summed E-state index contributed by atoms with van der Waals surface area (Å²) in [5.41, 5.74) is 3.10. The van der Waals surface area contributed by atoms with Crippen LogP contribution in [0.15, 0.2) is 100 Å². The summed E-state index contributed by atoms with van der Waals surface area (Å²) in [6.07, 6.45) is 0.716. The molecule has 310 valence electrons. The zero-order valence-electron chi connectivity index (χ0n) is 33.3. The summed E-state index contributed by atoms with van der Waals surface area (Å²) in [6, 6.07) is 24.8. The molecule has 4 bridgehead atoms. The molecular formula is C46H40BrN5O9. The van der Waals surface area contributed by atoms with Crippen LogP contribution in [-0.4, -0.2) is 52.3 Å². The number of fused-ring (bicyclic) bond motifs is 5. The van der Waals surface area contributed by atoms with Gasteiger partial charge in [0.2, 0.25) is 11.8 Å². The Morgan fingerprint density at radius 2 is 1.79 bits per heavy atom. The van der Waals surface area contributed by atoms with E-state index in [1.807, 2.05) is 80.6 Å². The van der Waals surface area contributed by atoms with Crippen LogP contribution in [-0.2, 0) is 37.6 Å². The van der Waals surface area contributed by atoms with Crippen molar-refractivity contribution >= 4 is 62.1 Å². The van der Waals surface area contributed by atoms with Crippen molar-refractivity contribution in [2.45, 2.75) is 57.9 Å². The number of nitrogens with one attached hydrogen (secondary N) is 4. The van der Waals surface area contributed by atoms with Gasteiger partial charge in [-0.15, -0.1) is 0 Å². The summed E-state index contributed by atoms with van der Waals surface area (Å²) in [5, 5.41) is 9.89. The van der Waals surface area contributed by atoms with Crippen LogP contribution < -0.4 is 25.4 Å². The lowest BCUT2D eigenvalue weighted by Crippen LogP contribution is -2.41. The maximum Gasteiger partial charge on any atom is 0.308 e. The first kappa shape index (κ1) is 39.7. The summed E-state index contributed by atoms with van der Waals surface area (Å²) in [5.74, 6) is -2.65. The van der Waals surface area contributed by atoms with Crippen LogP contribution in [0.4, 0.5) is 5.69 Å². The highest BCUT2D eigenvalue weighted by molar-refractivity contribution is 9.10. The minimum atomic E-state index is -1.27. The highest BCUT2D eigenvalue weighted by Crippen LogP contribution is 2.59. The second-order valence-electron chi connectivity index (χ2n) is 15.7. The molecule has 0 radical (unpaired) electrons. The smallest absolute Gasteiger partial charge is 0.308 e. The largest absolute Gasteiger partial charge is 0.469 e. The monoisotopic (exact) mass is 885 g/mol. The van der Waals surface area contributed by atoms with Crippen molar-refractivity contribution in [3.8, 4) is 11.5 Å². The van der Waals surface area contributed by atoms with Gasteiger partial charge in [0.15, 0.2) is 29.2 Å². The third kappa shape index (κ3) is 7.01. The fraction of sp³-hybridized carbons (Fsp3) is 0.261. The van der Waals surface area contributed by atoms with Gasteiger partial charge in [-0.1, -0.05) is 80.6 Å². The Morgan fingerprint density at radius 1 is 0.984 bits per heavy atom. The van der Waals surface area contributed by atoms with Gasteiger partial charge in [-0.2, -0.15) is 0 Å². The van der Waals surface area contributed by atoms with Crippen LogP contribution in [0, 0.1) is 11.8 Å². The van der Waals surface area contributed by atoms with Crippen molar-refractivity contribution in [3.63, 3.8) is 0 Å². The summed E-state index contributed by atoms with van der Waals surface area (Å²) in [7, 11) is 0. The number of ether oxygens (including phenoxy) is 3. The van der Waals surface area contributed by atoms with Gasteiger partial charge in [-0.3, -0.25) is 24.0 Å². The number of nitrogens with zero attached hydrogens (tertiary/aromatic N) is 1. The second-order valence-corrected chi connectivity index (χ2v) is 16.6. The van der Waals surface area contributed by atoms with E-state index < -0.39 is 59.7 Å². The topological polar surface area (TPSA) is 191 Å². The van der Waals surface area contributed by atoms with E-state index in [9.17, 15) is 24.0 Å². The summed E-state index contributed by atoms with van der Waals surface area (Å²) in [4.78, 5) is 75.6. The van der Waals surface area contributed by atoms with E-state index >= 15 is 0 Å². The van der Waals surface area contributed by atoms with Crippen molar-refractivity contribution in [3.05, 3.63) is 141 Å². The predicted molar refractivity (Wildman–Crippen MR) is 225 cm³/mol. The first-order valence-corrected chi connectivity index (χ1v) is 20.7. The molecule has 5 heterocycles. The van der Waals surface area contributed by atoms with Crippen LogP contribution in [0.2, 0.25) is 0 Å². The first-order valence-electron chi connectivity index (χ1n) is 19.9. The molecular weight excluding hydrogens is 846 g/mol. The maximum atomic E-state index is 14.6. The molecule has 1 unspecified atom stereocenters. The number of Topliss-reactive ketones (excluding diaryl/α,β-unsaturated/α-hetero) is 1. The number of anilines is 1. The van der Waals surface area contributed by atoms with Crippen molar-refractivity contribution in [1.82, 2.24) is 20.6 Å². The van der Waals surface area contributed by atoms with Crippen LogP contribution >= 0.6 is 15.9 Å². The number of para-hydroxylation sites is 2. The number of benzene rings is 4. The Bertz CT molecular complexity index is 2760. The normalized spacial score (nSPS) is 19.7. The molecule has 2 amide bonds. The molecule has 4 aromatic carbocycles. The molecule has 6 aromatic rings. The van der Waals surface area contributed by atoms with E-state index in [2.05, 4.69) is 36.9 Å². The first-order chi connectivity index (χ1) is 29.4. The van der Waals surface area contributed by atoms with Gasteiger partial charge >= 0.3 is 11.9 Å². The van der Waals surface area contributed by atoms with Gasteiger partial charge in [0, 0.05) is 39.7 Å². The average molecular weight is 887 g/mol. The number of carbonyl (C=O) groups excluding carboxylic acids is 5. The molecule has 4 atom stereocenters. The Hall–Kier alpha value is -6.74. The number of carbonyl (C=O) groups is 5. The minimum Gasteiger partial charge on any atom is -0.469 e. The van der Waals surface area contributed by atoms with Gasteiger partial charge in [0.05, 0.1) is 30.1 Å². The molecule has 0 saturated carbocycles. The lowest BCUT2D eigenvalue weighted by Gasteiger charge is -2.28.